The van der Waals surface area contributed by atoms with Crippen molar-refractivity contribution in [1.29, 1.82) is 0 Å². The molecule has 0 bridgehead atoms. The Morgan fingerprint density at radius 2 is 1.75 bits per heavy atom. The fourth-order valence-electron chi connectivity index (χ4n) is 2.16. The van der Waals surface area contributed by atoms with E-state index in [0.717, 1.165) is 12.2 Å². The van der Waals surface area contributed by atoms with Gasteiger partial charge in [0.2, 0.25) is 0 Å². The van der Waals surface area contributed by atoms with Crippen molar-refractivity contribution < 1.29 is 5.11 Å². The summed E-state index contributed by atoms with van der Waals surface area (Å²) < 4.78 is 0. The van der Waals surface area contributed by atoms with Crippen LogP contribution in [0.1, 0.15) is 31.2 Å². The van der Waals surface area contributed by atoms with E-state index < -0.39 is 6.10 Å². The van der Waals surface area contributed by atoms with Crippen LogP contribution in [0.2, 0.25) is 0 Å². The summed E-state index contributed by atoms with van der Waals surface area (Å²) in [6, 6.07) is 16.3. The van der Waals surface area contributed by atoms with Gasteiger partial charge in [0.05, 0.1) is 5.69 Å². The van der Waals surface area contributed by atoms with Gasteiger partial charge in [-0.1, -0.05) is 36.4 Å². The summed E-state index contributed by atoms with van der Waals surface area (Å²) in [5.41, 5.74) is 1.99. The van der Waals surface area contributed by atoms with E-state index in [2.05, 4.69) is 35.9 Å². The monoisotopic (exact) mass is 270 g/mol. The van der Waals surface area contributed by atoms with E-state index in [0.29, 0.717) is 12.6 Å². The number of aliphatic hydroxyl groups excluding tert-OH is 1. The van der Waals surface area contributed by atoms with Crippen LogP contribution in [0.4, 0.5) is 0 Å². The summed E-state index contributed by atoms with van der Waals surface area (Å²) in [6.45, 7) is 5.72. The standard InChI is InChI=1S/C17H22N2O/c1-14(2)19(12-15-8-4-3-5-9-15)13-17(20)16-10-6-7-11-18-16/h3-11,14,17,20H,12-13H2,1-2H3. The molecule has 1 heterocycles. The predicted molar refractivity (Wildman–Crippen MR) is 81.2 cm³/mol. The number of benzene rings is 1. The lowest BCUT2D eigenvalue weighted by atomic mass is 10.1. The SMILES string of the molecule is CC(C)N(Cc1ccccc1)CC(O)c1ccccn1. The number of pyridine rings is 1. The Balaban J connectivity index is 2.03. The van der Waals surface area contributed by atoms with Gasteiger partial charge >= 0.3 is 0 Å². The zero-order valence-electron chi connectivity index (χ0n) is 12.1. The van der Waals surface area contributed by atoms with Gasteiger partial charge in [0.25, 0.3) is 0 Å². The lowest BCUT2D eigenvalue weighted by Gasteiger charge is -2.28. The molecule has 1 N–H and O–H groups in total. The normalized spacial score (nSPS) is 12.8. The first-order valence-electron chi connectivity index (χ1n) is 7.04. The lowest BCUT2D eigenvalue weighted by Crippen LogP contribution is -2.34. The van der Waals surface area contributed by atoms with E-state index in [-0.39, 0.29) is 0 Å². The first-order chi connectivity index (χ1) is 9.66. The highest BCUT2D eigenvalue weighted by Gasteiger charge is 2.17. The first kappa shape index (κ1) is 14.7. The minimum atomic E-state index is -0.553. The summed E-state index contributed by atoms with van der Waals surface area (Å²) in [7, 11) is 0. The lowest BCUT2D eigenvalue weighted by molar-refractivity contribution is 0.0880. The topological polar surface area (TPSA) is 36.4 Å². The Kier molecular flexibility index (Phi) is 5.27. The molecule has 0 radical (unpaired) electrons. The van der Waals surface area contributed by atoms with Crippen LogP contribution in [-0.2, 0) is 6.54 Å². The fraction of sp³-hybridized carbons (Fsp3) is 0.353. The van der Waals surface area contributed by atoms with Gasteiger partial charge in [0.1, 0.15) is 6.10 Å². The van der Waals surface area contributed by atoms with Gasteiger partial charge in [0, 0.05) is 25.3 Å². The van der Waals surface area contributed by atoms with E-state index in [1.807, 2.05) is 36.4 Å². The number of aliphatic hydroxyl groups is 1. The Bertz CT molecular complexity index is 499. The summed E-state index contributed by atoms with van der Waals surface area (Å²) in [5.74, 6) is 0. The van der Waals surface area contributed by atoms with Gasteiger partial charge in [-0.25, -0.2) is 0 Å². The summed E-state index contributed by atoms with van der Waals surface area (Å²) in [5, 5.41) is 10.3. The third kappa shape index (κ3) is 4.15. The minimum absolute atomic E-state index is 0.369. The first-order valence-corrected chi connectivity index (χ1v) is 7.04. The summed E-state index contributed by atoms with van der Waals surface area (Å²) >= 11 is 0. The zero-order valence-corrected chi connectivity index (χ0v) is 12.1. The quantitative estimate of drug-likeness (QED) is 0.876. The zero-order chi connectivity index (χ0) is 14.4. The third-order valence-corrected chi connectivity index (χ3v) is 3.40. The maximum absolute atomic E-state index is 10.3. The Morgan fingerprint density at radius 1 is 1.05 bits per heavy atom. The van der Waals surface area contributed by atoms with Gasteiger partial charge in [-0.15, -0.1) is 0 Å². The van der Waals surface area contributed by atoms with Crippen molar-refractivity contribution in [3.63, 3.8) is 0 Å². The van der Waals surface area contributed by atoms with Gasteiger partial charge in [-0.05, 0) is 31.5 Å². The Morgan fingerprint density at radius 3 is 2.35 bits per heavy atom. The molecule has 2 rings (SSSR count). The smallest absolute Gasteiger partial charge is 0.109 e. The summed E-state index contributed by atoms with van der Waals surface area (Å²) in [6.07, 6.45) is 1.16. The van der Waals surface area contributed by atoms with E-state index in [1.165, 1.54) is 5.56 Å². The molecule has 3 nitrogen and oxygen atoms in total. The molecule has 1 atom stereocenters. The molecule has 1 aromatic carbocycles. The molecular weight excluding hydrogens is 248 g/mol. The molecule has 0 aliphatic heterocycles. The molecule has 0 aliphatic carbocycles. The maximum Gasteiger partial charge on any atom is 0.109 e. The number of rotatable bonds is 6. The number of aromatic nitrogens is 1. The molecule has 0 saturated heterocycles. The number of nitrogens with zero attached hydrogens (tertiary/aromatic N) is 2. The van der Waals surface area contributed by atoms with Crippen LogP contribution < -0.4 is 0 Å². The minimum Gasteiger partial charge on any atom is -0.385 e. The van der Waals surface area contributed by atoms with Gasteiger partial charge in [-0.2, -0.15) is 0 Å². The third-order valence-electron chi connectivity index (χ3n) is 3.40. The Hall–Kier alpha value is -1.71. The van der Waals surface area contributed by atoms with E-state index in [9.17, 15) is 5.11 Å². The highest BCUT2D eigenvalue weighted by Crippen LogP contribution is 2.15. The van der Waals surface area contributed by atoms with Gasteiger partial charge in [-0.3, -0.25) is 9.88 Å². The number of hydrogen-bond acceptors (Lipinski definition) is 3. The second kappa shape index (κ2) is 7.17. The molecule has 0 amide bonds. The molecule has 1 aromatic heterocycles. The second-order valence-corrected chi connectivity index (χ2v) is 5.28. The highest BCUT2D eigenvalue weighted by molar-refractivity contribution is 5.15. The van der Waals surface area contributed by atoms with E-state index in [4.69, 9.17) is 0 Å². The van der Waals surface area contributed by atoms with E-state index >= 15 is 0 Å². The Labute approximate surface area is 120 Å². The maximum atomic E-state index is 10.3. The van der Waals surface area contributed by atoms with Gasteiger partial charge in [0.15, 0.2) is 0 Å². The van der Waals surface area contributed by atoms with Crippen LogP contribution in [-0.4, -0.2) is 27.6 Å². The average Bonchev–Trinajstić information content (AvgIpc) is 2.48. The molecule has 0 saturated carbocycles. The van der Waals surface area contributed by atoms with Crippen molar-refractivity contribution in [1.82, 2.24) is 9.88 Å². The largest absolute Gasteiger partial charge is 0.385 e. The van der Waals surface area contributed by atoms with Crippen molar-refractivity contribution in [2.24, 2.45) is 0 Å². The fourth-order valence-corrected chi connectivity index (χ4v) is 2.16. The molecule has 20 heavy (non-hydrogen) atoms. The predicted octanol–water partition coefficient (Wildman–Crippen LogP) is 3.03. The molecule has 3 heteroatoms. The van der Waals surface area contributed by atoms with Crippen molar-refractivity contribution >= 4 is 0 Å². The van der Waals surface area contributed by atoms with E-state index in [1.54, 1.807) is 6.20 Å². The average molecular weight is 270 g/mol. The van der Waals surface area contributed by atoms with Gasteiger partial charge < -0.3 is 5.11 Å². The van der Waals surface area contributed by atoms with Crippen molar-refractivity contribution in [3.05, 3.63) is 66.0 Å². The van der Waals surface area contributed by atoms with Crippen LogP contribution in [0, 0.1) is 0 Å². The van der Waals surface area contributed by atoms with Crippen LogP contribution in [0.25, 0.3) is 0 Å². The molecule has 0 spiro atoms. The summed E-state index contributed by atoms with van der Waals surface area (Å²) in [4.78, 5) is 6.48. The number of hydrogen-bond donors (Lipinski definition) is 1. The van der Waals surface area contributed by atoms with Crippen molar-refractivity contribution in [3.8, 4) is 0 Å². The van der Waals surface area contributed by atoms with Crippen molar-refractivity contribution in [2.45, 2.75) is 32.5 Å². The highest BCUT2D eigenvalue weighted by atomic mass is 16.3. The molecule has 1 unspecified atom stereocenters. The molecule has 106 valence electrons. The van der Waals surface area contributed by atoms with Crippen LogP contribution in [0.3, 0.4) is 0 Å². The molecule has 0 fully saturated rings. The van der Waals surface area contributed by atoms with Crippen LogP contribution in [0.5, 0.6) is 0 Å². The second-order valence-electron chi connectivity index (χ2n) is 5.28. The van der Waals surface area contributed by atoms with Crippen LogP contribution >= 0.6 is 0 Å². The molecule has 2 aromatic rings. The molecular formula is C17H22N2O. The van der Waals surface area contributed by atoms with Crippen LogP contribution in [0.15, 0.2) is 54.7 Å². The van der Waals surface area contributed by atoms with Crippen molar-refractivity contribution in [2.75, 3.05) is 6.54 Å². The molecule has 0 aliphatic rings.